The van der Waals surface area contributed by atoms with Crippen molar-refractivity contribution in [2.75, 3.05) is 19.7 Å². The van der Waals surface area contributed by atoms with E-state index in [1.165, 1.54) is 38.8 Å². The summed E-state index contributed by atoms with van der Waals surface area (Å²) in [6.45, 7) is 2.92. The number of piperidine rings is 2. The molecule has 5 heteroatoms. The predicted molar refractivity (Wildman–Crippen MR) is 86.3 cm³/mol. The Labute approximate surface area is 137 Å². The zero-order valence-corrected chi connectivity index (χ0v) is 13.4. The average Bonchev–Trinajstić information content (AvgIpc) is 2.60. The van der Waals surface area contributed by atoms with Gasteiger partial charge in [0.1, 0.15) is 6.61 Å². The van der Waals surface area contributed by atoms with Crippen LogP contribution in [0, 0.1) is 5.92 Å². The number of amides is 2. The molecule has 0 aliphatic carbocycles. The second-order valence-electron chi connectivity index (χ2n) is 6.58. The van der Waals surface area contributed by atoms with Crippen LogP contribution in [0.1, 0.15) is 42.5 Å². The Kier molecular flexibility index (Phi) is 5.28. The maximum atomic E-state index is 11.9. The molecule has 2 aliphatic rings. The highest BCUT2D eigenvalue weighted by Crippen LogP contribution is 2.20. The topological polar surface area (TPSA) is 59.8 Å². The standard InChI is InChI=1S/C18H24N2O3/c21-17(14-7-2-1-3-8-14)19-18(22)23-13-15-9-6-12-20-11-5-4-10-16(15)20/h1-3,7-8,15-16H,4-6,9-13H2,(H,19,21,22)/p+1/t15-,16-/m1/s1. The Balaban J connectivity index is 1.47. The van der Waals surface area contributed by atoms with Gasteiger partial charge in [0.05, 0.1) is 19.1 Å². The molecule has 0 radical (unpaired) electrons. The SMILES string of the molecule is O=C(NC(=O)c1ccccc1)OC[C@H]1CCC[NH+]2CCCC[C@H]12. The number of alkyl carbamates (subject to hydrolysis) is 1. The molecule has 1 aromatic rings. The number of nitrogens with one attached hydrogen (secondary N) is 2. The molecule has 23 heavy (non-hydrogen) atoms. The molecule has 0 aromatic heterocycles. The molecule has 2 N–H and O–H groups in total. The van der Waals surface area contributed by atoms with Crippen molar-refractivity contribution in [2.45, 2.75) is 38.1 Å². The zero-order valence-electron chi connectivity index (χ0n) is 13.4. The first-order valence-electron chi connectivity index (χ1n) is 8.62. The lowest BCUT2D eigenvalue weighted by atomic mass is 9.84. The monoisotopic (exact) mass is 317 g/mol. The minimum atomic E-state index is -0.637. The van der Waals surface area contributed by atoms with Crippen molar-refractivity contribution in [1.29, 1.82) is 0 Å². The average molecular weight is 317 g/mol. The molecule has 1 aromatic carbocycles. The summed E-state index contributed by atoms with van der Waals surface area (Å²) in [5, 5.41) is 2.30. The van der Waals surface area contributed by atoms with Gasteiger partial charge in [-0.3, -0.25) is 10.1 Å². The van der Waals surface area contributed by atoms with Gasteiger partial charge in [0.25, 0.3) is 5.91 Å². The molecule has 2 amide bonds. The van der Waals surface area contributed by atoms with Gasteiger partial charge in [-0.15, -0.1) is 0 Å². The minimum Gasteiger partial charge on any atom is -0.449 e. The van der Waals surface area contributed by atoms with Gasteiger partial charge in [0, 0.05) is 11.5 Å². The van der Waals surface area contributed by atoms with E-state index in [1.54, 1.807) is 29.2 Å². The number of benzene rings is 1. The Hall–Kier alpha value is -1.88. The molecule has 124 valence electrons. The van der Waals surface area contributed by atoms with Crippen molar-refractivity contribution in [3.05, 3.63) is 35.9 Å². The quantitative estimate of drug-likeness (QED) is 0.886. The van der Waals surface area contributed by atoms with E-state index in [9.17, 15) is 9.59 Å². The van der Waals surface area contributed by atoms with Gasteiger partial charge in [-0.1, -0.05) is 18.2 Å². The van der Waals surface area contributed by atoms with E-state index in [0.717, 1.165) is 6.42 Å². The van der Waals surface area contributed by atoms with Gasteiger partial charge in [-0.25, -0.2) is 4.79 Å². The molecule has 0 bridgehead atoms. The smallest absolute Gasteiger partial charge is 0.414 e. The third-order valence-corrected chi connectivity index (χ3v) is 5.11. The Morgan fingerprint density at radius 1 is 1.09 bits per heavy atom. The maximum Gasteiger partial charge on any atom is 0.414 e. The Morgan fingerprint density at radius 2 is 1.87 bits per heavy atom. The number of fused-ring (bicyclic) bond motifs is 1. The zero-order chi connectivity index (χ0) is 16.1. The van der Waals surface area contributed by atoms with Crippen molar-refractivity contribution in [2.24, 2.45) is 5.92 Å². The van der Waals surface area contributed by atoms with E-state index in [1.807, 2.05) is 6.07 Å². The number of carbonyl (C=O) groups is 2. The molecule has 2 aliphatic heterocycles. The third kappa shape index (κ3) is 4.10. The van der Waals surface area contributed by atoms with E-state index in [2.05, 4.69) is 5.32 Å². The first-order chi connectivity index (χ1) is 11.2. The summed E-state index contributed by atoms with van der Waals surface area (Å²) in [5.41, 5.74) is 0.463. The molecule has 3 atom stereocenters. The largest absolute Gasteiger partial charge is 0.449 e. The van der Waals surface area contributed by atoms with E-state index >= 15 is 0 Å². The molecule has 2 fully saturated rings. The molecule has 3 rings (SSSR count). The second-order valence-corrected chi connectivity index (χ2v) is 6.58. The van der Waals surface area contributed by atoms with Crippen molar-refractivity contribution in [3.63, 3.8) is 0 Å². The highest BCUT2D eigenvalue weighted by atomic mass is 16.5. The highest BCUT2D eigenvalue weighted by molar-refractivity contribution is 6.02. The molecule has 2 heterocycles. The summed E-state index contributed by atoms with van der Waals surface area (Å²) in [7, 11) is 0. The second kappa shape index (κ2) is 7.59. The molecular formula is C18H25N2O3+. The summed E-state index contributed by atoms with van der Waals surface area (Å²) >= 11 is 0. The van der Waals surface area contributed by atoms with E-state index in [-0.39, 0.29) is 0 Å². The van der Waals surface area contributed by atoms with E-state index in [4.69, 9.17) is 4.74 Å². The highest BCUT2D eigenvalue weighted by Gasteiger charge is 2.37. The first-order valence-corrected chi connectivity index (χ1v) is 8.62. The predicted octanol–water partition coefficient (Wildman–Crippen LogP) is 1.40. The maximum absolute atomic E-state index is 11.9. The molecule has 2 saturated heterocycles. The van der Waals surface area contributed by atoms with Crippen LogP contribution < -0.4 is 10.2 Å². The van der Waals surface area contributed by atoms with Crippen LogP contribution in [0.3, 0.4) is 0 Å². The van der Waals surface area contributed by atoms with Crippen LogP contribution in [0.2, 0.25) is 0 Å². The van der Waals surface area contributed by atoms with Gasteiger partial charge in [0.15, 0.2) is 0 Å². The minimum absolute atomic E-state index is 0.413. The number of hydrogen-bond donors (Lipinski definition) is 2. The van der Waals surface area contributed by atoms with Gasteiger partial charge >= 0.3 is 6.09 Å². The summed E-state index contributed by atoms with van der Waals surface area (Å²) in [6.07, 6.45) is 5.50. The van der Waals surface area contributed by atoms with Crippen molar-refractivity contribution in [3.8, 4) is 0 Å². The van der Waals surface area contributed by atoms with E-state index < -0.39 is 12.0 Å². The van der Waals surface area contributed by atoms with Crippen LogP contribution >= 0.6 is 0 Å². The van der Waals surface area contributed by atoms with Crippen LogP contribution in [0.25, 0.3) is 0 Å². The van der Waals surface area contributed by atoms with Crippen LogP contribution in [-0.2, 0) is 4.74 Å². The normalized spacial score (nSPS) is 26.9. The van der Waals surface area contributed by atoms with Gasteiger partial charge in [0.2, 0.25) is 0 Å². The van der Waals surface area contributed by atoms with Crippen molar-refractivity contribution < 1.29 is 19.2 Å². The van der Waals surface area contributed by atoms with Crippen molar-refractivity contribution in [1.82, 2.24) is 5.32 Å². The third-order valence-electron chi connectivity index (χ3n) is 5.11. The fourth-order valence-corrected chi connectivity index (χ4v) is 3.95. The number of rotatable bonds is 3. The van der Waals surface area contributed by atoms with Crippen LogP contribution in [0.4, 0.5) is 4.79 Å². The van der Waals surface area contributed by atoms with Crippen LogP contribution in [0.15, 0.2) is 30.3 Å². The number of hydrogen-bond acceptors (Lipinski definition) is 3. The Bertz CT molecular complexity index is 544. The molecule has 1 unspecified atom stereocenters. The summed E-state index contributed by atoms with van der Waals surface area (Å²) in [4.78, 5) is 25.5. The number of ether oxygens (including phenoxy) is 1. The first kappa shape index (κ1) is 16.0. The summed E-state index contributed by atoms with van der Waals surface area (Å²) in [6, 6.07) is 9.33. The number of imide groups is 1. The lowest BCUT2D eigenvalue weighted by Crippen LogP contribution is -3.18. The lowest BCUT2D eigenvalue weighted by molar-refractivity contribution is -0.940. The molecule has 0 spiro atoms. The molecule has 0 saturated carbocycles. The van der Waals surface area contributed by atoms with E-state index in [0.29, 0.717) is 24.1 Å². The van der Waals surface area contributed by atoms with Crippen LogP contribution in [0.5, 0.6) is 0 Å². The molecular weight excluding hydrogens is 292 g/mol. The summed E-state index contributed by atoms with van der Waals surface area (Å²) < 4.78 is 5.34. The van der Waals surface area contributed by atoms with Crippen LogP contribution in [-0.4, -0.2) is 37.7 Å². The summed E-state index contributed by atoms with van der Waals surface area (Å²) in [5.74, 6) is 0.0146. The van der Waals surface area contributed by atoms with Gasteiger partial charge in [-0.05, 0) is 44.2 Å². The number of carbonyl (C=O) groups excluding carboxylic acids is 2. The van der Waals surface area contributed by atoms with Crippen molar-refractivity contribution >= 4 is 12.0 Å². The van der Waals surface area contributed by atoms with Gasteiger partial charge < -0.3 is 9.64 Å². The van der Waals surface area contributed by atoms with Gasteiger partial charge in [-0.2, -0.15) is 0 Å². The number of quaternary nitrogens is 1. The molecule has 5 nitrogen and oxygen atoms in total. The lowest BCUT2D eigenvalue weighted by Gasteiger charge is -2.40. The Morgan fingerprint density at radius 3 is 2.70 bits per heavy atom. The fourth-order valence-electron chi connectivity index (χ4n) is 3.95. The fraction of sp³-hybridized carbons (Fsp3) is 0.556.